The van der Waals surface area contributed by atoms with E-state index < -0.39 is 0 Å². The summed E-state index contributed by atoms with van der Waals surface area (Å²) in [5, 5.41) is 0. The fourth-order valence-electron chi connectivity index (χ4n) is 1.25. The molecule has 1 radical (unpaired) electrons. The van der Waals surface area contributed by atoms with Gasteiger partial charge in [0.05, 0.1) is 0 Å². The molecule has 0 bridgehead atoms. The van der Waals surface area contributed by atoms with E-state index in [-0.39, 0.29) is 0 Å². The van der Waals surface area contributed by atoms with Crippen LogP contribution in [0.2, 0.25) is 0 Å². The Balaban J connectivity index is 3.11. The van der Waals surface area contributed by atoms with E-state index in [2.05, 4.69) is 28.9 Å². The topological polar surface area (TPSA) is 6.48 Å². The van der Waals surface area contributed by atoms with Crippen LogP contribution < -0.4 is 9.80 Å². The van der Waals surface area contributed by atoms with Crippen LogP contribution in [0, 0.1) is 6.92 Å². The van der Waals surface area contributed by atoms with Crippen molar-refractivity contribution in [3.8, 4) is 0 Å². The monoisotopic (exact) mass is 177 g/mol. The van der Waals surface area contributed by atoms with Crippen LogP contribution in [0.5, 0.6) is 0 Å². The van der Waals surface area contributed by atoms with E-state index in [1.165, 1.54) is 11.4 Å². The Morgan fingerprint density at radius 1 is 1.00 bits per heavy atom. The molecule has 0 aliphatic heterocycles. The van der Waals surface area contributed by atoms with Crippen molar-refractivity contribution < 1.29 is 0 Å². The van der Waals surface area contributed by atoms with E-state index in [1.54, 1.807) is 0 Å². The summed E-state index contributed by atoms with van der Waals surface area (Å²) >= 11 is 0. The third kappa shape index (κ3) is 2.14. The summed E-state index contributed by atoms with van der Waals surface area (Å²) < 4.78 is 0. The zero-order valence-electron chi connectivity index (χ0n) is 8.83. The quantitative estimate of drug-likeness (QED) is 0.681. The molecule has 13 heavy (non-hydrogen) atoms. The van der Waals surface area contributed by atoms with Crippen molar-refractivity contribution >= 4 is 11.4 Å². The molecular weight excluding hydrogens is 160 g/mol. The summed E-state index contributed by atoms with van der Waals surface area (Å²) in [5.74, 6) is 0. The van der Waals surface area contributed by atoms with Gasteiger partial charge in [-0.15, -0.1) is 0 Å². The highest BCUT2D eigenvalue weighted by Gasteiger charge is 2.02. The van der Waals surface area contributed by atoms with Gasteiger partial charge in [0, 0.05) is 39.6 Å². The zero-order chi connectivity index (χ0) is 10.0. The van der Waals surface area contributed by atoms with Crippen molar-refractivity contribution in [3.05, 3.63) is 30.7 Å². The van der Waals surface area contributed by atoms with Gasteiger partial charge >= 0.3 is 0 Å². The van der Waals surface area contributed by atoms with Gasteiger partial charge in [-0.05, 0) is 24.6 Å². The van der Waals surface area contributed by atoms with Gasteiger partial charge in [-0.3, -0.25) is 0 Å². The maximum absolute atomic E-state index is 3.98. The molecular formula is C11H17N2. The molecule has 1 aromatic carbocycles. The molecule has 0 aliphatic carbocycles. The molecule has 0 N–H and O–H groups in total. The van der Waals surface area contributed by atoms with Crippen LogP contribution in [0.3, 0.4) is 0 Å². The van der Waals surface area contributed by atoms with Gasteiger partial charge in [-0.2, -0.15) is 0 Å². The van der Waals surface area contributed by atoms with Crippen LogP contribution in [0.25, 0.3) is 0 Å². The first-order valence-electron chi connectivity index (χ1n) is 4.33. The van der Waals surface area contributed by atoms with E-state index in [0.717, 1.165) is 5.56 Å². The van der Waals surface area contributed by atoms with Crippen LogP contribution in [-0.4, -0.2) is 28.2 Å². The molecule has 0 heterocycles. The lowest BCUT2D eigenvalue weighted by Gasteiger charge is -2.19. The zero-order valence-corrected chi connectivity index (χ0v) is 8.83. The first-order chi connectivity index (χ1) is 6.02. The minimum Gasteiger partial charge on any atom is -0.378 e. The fraction of sp³-hybridized carbons (Fsp3) is 0.364. The van der Waals surface area contributed by atoms with Crippen molar-refractivity contribution in [1.82, 2.24) is 0 Å². The molecule has 2 nitrogen and oxygen atoms in total. The number of anilines is 2. The smallest absolute Gasteiger partial charge is 0.0414 e. The number of nitrogens with zero attached hydrogens (tertiary/aromatic N) is 2. The molecule has 0 saturated heterocycles. The van der Waals surface area contributed by atoms with Gasteiger partial charge in [0.1, 0.15) is 0 Å². The van der Waals surface area contributed by atoms with Crippen LogP contribution in [0.4, 0.5) is 11.4 Å². The maximum Gasteiger partial charge on any atom is 0.0414 e. The van der Waals surface area contributed by atoms with Crippen molar-refractivity contribution in [2.75, 3.05) is 38.0 Å². The second-order valence-corrected chi connectivity index (χ2v) is 3.60. The average molecular weight is 177 g/mol. The molecule has 0 unspecified atom stereocenters. The van der Waals surface area contributed by atoms with E-state index in [1.807, 2.05) is 34.3 Å². The number of benzene rings is 1. The Kier molecular flexibility index (Phi) is 2.81. The number of hydrogen-bond acceptors (Lipinski definition) is 2. The third-order valence-electron chi connectivity index (χ3n) is 2.07. The molecule has 0 amide bonds. The summed E-state index contributed by atoms with van der Waals surface area (Å²) in [6, 6.07) is 6.27. The third-order valence-corrected chi connectivity index (χ3v) is 2.07. The predicted molar refractivity (Wildman–Crippen MR) is 59.6 cm³/mol. The summed E-state index contributed by atoms with van der Waals surface area (Å²) in [7, 11) is 8.14. The summed E-state index contributed by atoms with van der Waals surface area (Å²) in [6.45, 7) is 3.98. The number of hydrogen-bond donors (Lipinski definition) is 0. The van der Waals surface area contributed by atoms with Gasteiger partial charge in [0.25, 0.3) is 0 Å². The Hall–Kier alpha value is -1.18. The first-order valence-corrected chi connectivity index (χ1v) is 4.33. The Morgan fingerprint density at radius 2 is 1.62 bits per heavy atom. The van der Waals surface area contributed by atoms with Gasteiger partial charge in [0.2, 0.25) is 0 Å². The highest BCUT2D eigenvalue weighted by molar-refractivity contribution is 5.63. The lowest BCUT2D eigenvalue weighted by molar-refractivity contribution is 1.10. The lowest BCUT2D eigenvalue weighted by atomic mass is 10.1. The van der Waals surface area contributed by atoms with E-state index in [0.29, 0.717) is 0 Å². The summed E-state index contributed by atoms with van der Waals surface area (Å²) in [6.07, 6.45) is 0. The van der Waals surface area contributed by atoms with E-state index >= 15 is 0 Å². The molecule has 0 atom stereocenters. The van der Waals surface area contributed by atoms with Gasteiger partial charge in [-0.1, -0.05) is 6.07 Å². The van der Waals surface area contributed by atoms with Gasteiger partial charge in [-0.25, -0.2) is 0 Å². The molecule has 0 aromatic heterocycles. The highest BCUT2D eigenvalue weighted by atomic mass is 15.1. The van der Waals surface area contributed by atoms with Crippen molar-refractivity contribution in [2.24, 2.45) is 0 Å². The Morgan fingerprint density at radius 3 is 2.08 bits per heavy atom. The molecule has 71 valence electrons. The molecule has 0 fully saturated rings. The number of rotatable bonds is 2. The molecule has 0 saturated carbocycles. The van der Waals surface area contributed by atoms with Crippen molar-refractivity contribution in [1.29, 1.82) is 0 Å². The van der Waals surface area contributed by atoms with Gasteiger partial charge in [0.15, 0.2) is 0 Å². The summed E-state index contributed by atoms with van der Waals surface area (Å²) in [5.41, 5.74) is 3.44. The maximum atomic E-state index is 3.98. The molecule has 1 rings (SSSR count). The van der Waals surface area contributed by atoms with Crippen LogP contribution in [0.1, 0.15) is 5.56 Å². The van der Waals surface area contributed by atoms with Crippen LogP contribution >= 0.6 is 0 Å². The molecule has 2 heteroatoms. The molecule has 0 aliphatic rings. The molecule has 1 aromatic rings. The normalized spacial score (nSPS) is 9.92. The largest absolute Gasteiger partial charge is 0.378 e. The lowest BCUT2D eigenvalue weighted by Crippen LogP contribution is -2.13. The molecule has 0 spiro atoms. The second kappa shape index (κ2) is 3.69. The Labute approximate surface area is 80.8 Å². The van der Waals surface area contributed by atoms with Gasteiger partial charge < -0.3 is 9.80 Å². The van der Waals surface area contributed by atoms with Crippen molar-refractivity contribution in [3.63, 3.8) is 0 Å². The van der Waals surface area contributed by atoms with Crippen LogP contribution in [0.15, 0.2) is 18.2 Å². The van der Waals surface area contributed by atoms with Crippen LogP contribution in [-0.2, 0) is 0 Å². The SMILES string of the molecule is [CH2]c1ccc(N(C)C)cc1N(C)C. The van der Waals surface area contributed by atoms with E-state index in [4.69, 9.17) is 0 Å². The van der Waals surface area contributed by atoms with Crippen molar-refractivity contribution in [2.45, 2.75) is 0 Å². The summed E-state index contributed by atoms with van der Waals surface area (Å²) in [4.78, 5) is 4.17. The Bertz CT molecular complexity index is 290. The fourth-order valence-corrected chi connectivity index (χ4v) is 1.25. The standard InChI is InChI=1S/C11H17N2/c1-9-6-7-10(12(2)3)8-11(9)13(4)5/h6-8H,1H2,2-5H3. The first kappa shape index (κ1) is 9.90. The average Bonchev–Trinajstić information content (AvgIpc) is 2.04. The highest BCUT2D eigenvalue weighted by Crippen LogP contribution is 2.23. The predicted octanol–water partition coefficient (Wildman–Crippen LogP) is 2.00. The minimum absolute atomic E-state index is 1.07. The minimum atomic E-state index is 1.07. The second-order valence-electron chi connectivity index (χ2n) is 3.60. The van der Waals surface area contributed by atoms with E-state index in [9.17, 15) is 0 Å².